The van der Waals surface area contributed by atoms with Gasteiger partial charge in [0.2, 0.25) is 0 Å². The number of nitrogens with one attached hydrogen (secondary N) is 1. The minimum absolute atomic E-state index is 0.100. The van der Waals surface area contributed by atoms with Crippen molar-refractivity contribution in [2.45, 2.75) is 25.8 Å². The summed E-state index contributed by atoms with van der Waals surface area (Å²) < 4.78 is 13.6. The van der Waals surface area contributed by atoms with Gasteiger partial charge in [-0.2, -0.15) is 0 Å². The van der Waals surface area contributed by atoms with Crippen LogP contribution in [0.5, 0.6) is 0 Å². The molecule has 3 N–H and O–H groups in total. The molecule has 0 saturated heterocycles. The lowest BCUT2D eigenvalue weighted by molar-refractivity contribution is 0.605. The quantitative estimate of drug-likeness (QED) is 0.656. The summed E-state index contributed by atoms with van der Waals surface area (Å²) in [5.41, 5.74) is 5.53. The molecule has 2 aromatic rings. The zero-order valence-corrected chi connectivity index (χ0v) is 12.3. The third-order valence-corrected chi connectivity index (χ3v) is 3.79. The number of hydrazine groups is 1. The van der Waals surface area contributed by atoms with Gasteiger partial charge in [0.05, 0.1) is 11.1 Å². The van der Waals surface area contributed by atoms with E-state index in [1.54, 1.807) is 12.1 Å². The summed E-state index contributed by atoms with van der Waals surface area (Å²) >= 11 is 6.03. The van der Waals surface area contributed by atoms with E-state index in [1.807, 2.05) is 12.1 Å². The summed E-state index contributed by atoms with van der Waals surface area (Å²) in [7, 11) is 0. The normalized spacial score (nSPS) is 12.7. The number of halogens is 2. The van der Waals surface area contributed by atoms with Gasteiger partial charge in [-0.1, -0.05) is 61.8 Å². The monoisotopic (exact) mass is 292 g/mol. The molecule has 0 radical (unpaired) electrons. The Bertz CT molecular complexity index is 582. The van der Waals surface area contributed by atoms with Crippen molar-refractivity contribution in [2.75, 3.05) is 0 Å². The molecule has 0 amide bonds. The smallest absolute Gasteiger partial charge is 0.142 e. The molecule has 1 atom stereocenters. The third-order valence-electron chi connectivity index (χ3n) is 3.40. The molecule has 2 rings (SSSR count). The van der Waals surface area contributed by atoms with E-state index in [2.05, 4.69) is 31.4 Å². The third kappa shape index (κ3) is 3.01. The van der Waals surface area contributed by atoms with Crippen molar-refractivity contribution in [3.63, 3.8) is 0 Å². The summed E-state index contributed by atoms with van der Waals surface area (Å²) in [6.07, 6.45) is 0. The van der Waals surface area contributed by atoms with Gasteiger partial charge in [0.15, 0.2) is 0 Å². The van der Waals surface area contributed by atoms with Crippen molar-refractivity contribution >= 4 is 11.6 Å². The molecule has 0 bridgehead atoms. The molecular weight excluding hydrogens is 275 g/mol. The lowest BCUT2D eigenvalue weighted by Gasteiger charge is -2.19. The van der Waals surface area contributed by atoms with Crippen molar-refractivity contribution in [1.82, 2.24) is 5.43 Å². The highest BCUT2D eigenvalue weighted by atomic mass is 35.5. The summed E-state index contributed by atoms with van der Waals surface area (Å²) in [6.45, 7) is 4.27. The molecule has 106 valence electrons. The van der Waals surface area contributed by atoms with E-state index in [-0.39, 0.29) is 11.1 Å². The fourth-order valence-electron chi connectivity index (χ4n) is 2.18. The molecule has 0 spiro atoms. The van der Waals surface area contributed by atoms with Gasteiger partial charge in [0, 0.05) is 0 Å². The maximum Gasteiger partial charge on any atom is 0.142 e. The largest absolute Gasteiger partial charge is 0.271 e. The molecular formula is C16H18ClFN2. The van der Waals surface area contributed by atoms with Gasteiger partial charge in [-0.3, -0.25) is 5.84 Å². The Hall–Kier alpha value is -1.42. The molecule has 0 saturated carbocycles. The highest BCUT2D eigenvalue weighted by molar-refractivity contribution is 6.31. The van der Waals surface area contributed by atoms with Gasteiger partial charge in [0.25, 0.3) is 0 Å². The van der Waals surface area contributed by atoms with Crippen LogP contribution in [0.25, 0.3) is 0 Å². The van der Waals surface area contributed by atoms with Crippen LogP contribution >= 0.6 is 11.6 Å². The van der Waals surface area contributed by atoms with Gasteiger partial charge in [-0.15, -0.1) is 0 Å². The maximum absolute atomic E-state index is 13.6. The zero-order valence-electron chi connectivity index (χ0n) is 11.5. The first-order valence-corrected chi connectivity index (χ1v) is 6.92. The Morgan fingerprint density at radius 3 is 2.20 bits per heavy atom. The first kappa shape index (κ1) is 15.0. The minimum Gasteiger partial charge on any atom is -0.271 e. The minimum atomic E-state index is -0.441. The second-order valence-electron chi connectivity index (χ2n) is 5.06. The van der Waals surface area contributed by atoms with E-state index in [0.717, 1.165) is 5.56 Å². The van der Waals surface area contributed by atoms with Crippen molar-refractivity contribution in [2.24, 2.45) is 5.84 Å². The Balaban J connectivity index is 2.39. The summed E-state index contributed by atoms with van der Waals surface area (Å²) in [5, 5.41) is 0.100. The van der Waals surface area contributed by atoms with E-state index in [9.17, 15) is 4.39 Å². The van der Waals surface area contributed by atoms with Crippen LogP contribution in [0.15, 0.2) is 42.5 Å². The molecule has 4 heteroatoms. The van der Waals surface area contributed by atoms with Gasteiger partial charge in [0.1, 0.15) is 5.82 Å². The lowest BCUT2D eigenvalue weighted by atomic mass is 9.95. The predicted octanol–water partition coefficient (Wildman–Crippen LogP) is 4.16. The number of rotatable bonds is 4. The van der Waals surface area contributed by atoms with Crippen LogP contribution in [-0.2, 0) is 0 Å². The summed E-state index contributed by atoms with van der Waals surface area (Å²) in [6, 6.07) is 12.5. The van der Waals surface area contributed by atoms with E-state index in [0.29, 0.717) is 11.5 Å². The topological polar surface area (TPSA) is 38.0 Å². The van der Waals surface area contributed by atoms with Crippen LogP contribution in [0.1, 0.15) is 42.5 Å². The molecule has 1 unspecified atom stereocenters. The molecule has 0 aliphatic carbocycles. The molecule has 0 aromatic heterocycles. The average molecular weight is 293 g/mol. The Morgan fingerprint density at radius 2 is 1.65 bits per heavy atom. The average Bonchev–Trinajstić information content (AvgIpc) is 2.45. The van der Waals surface area contributed by atoms with Crippen LogP contribution in [0.2, 0.25) is 5.02 Å². The first-order chi connectivity index (χ1) is 9.54. The van der Waals surface area contributed by atoms with E-state index < -0.39 is 5.82 Å². The van der Waals surface area contributed by atoms with Crippen molar-refractivity contribution in [3.05, 3.63) is 70.0 Å². The first-order valence-electron chi connectivity index (χ1n) is 6.54. The molecule has 0 fully saturated rings. The second-order valence-corrected chi connectivity index (χ2v) is 5.44. The number of benzene rings is 2. The molecule has 0 aliphatic heterocycles. The van der Waals surface area contributed by atoms with Crippen molar-refractivity contribution in [1.29, 1.82) is 0 Å². The molecule has 0 aliphatic rings. The standard InChI is InChI=1S/C16H18ClFN2/c1-10(2)11-6-8-12(9-7-11)16(20-19)13-4-3-5-14(18)15(13)17/h3-10,16,20H,19H2,1-2H3. The van der Waals surface area contributed by atoms with Crippen LogP contribution < -0.4 is 11.3 Å². The molecule has 20 heavy (non-hydrogen) atoms. The lowest BCUT2D eigenvalue weighted by Crippen LogP contribution is -2.29. The van der Waals surface area contributed by atoms with Crippen molar-refractivity contribution in [3.8, 4) is 0 Å². The molecule has 2 aromatic carbocycles. The maximum atomic E-state index is 13.6. The SMILES string of the molecule is CC(C)c1ccc(C(NN)c2cccc(F)c2Cl)cc1. The van der Waals surface area contributed by atoms with Gasteiger partial charge >= 0.3 is 0 Å². The summed E-state index contributed by atoms with van der Waals surface area (Å²) in [5.74, 6) is 5.65. The van der Waals surface area contributed by atoms with E-state index in [4.69, 9.17) is 17.4 Å². The molecule has 0 heterocycles. The van der Waals surface area contributed by atoms with Crippen LogP contribution in [0.4, 0.5) is 4.39 Å². The van der Waals surface area contributed by atoms with Crippen LogP contribution in [0, 0.1) is 5.82 Å². The number of nitrogens with two attached hydrogens (primary N) is 1. The van der Waals surface area contributed by atoms with Crippen molar-refractivity contribution < 1.29 is 4.39 Å². The second kappa shape index (κ2) is 6.35. The Labute approximate surface area is 123 Å². The van der Waals surface area contributed by atoms with Gasteiger partial charge in [-0.25, -0.2) is 9.82 Å². The van der Waals surface area contributed by atoms with Gasteiger partial charge < -0.3 is 0 Å². The van der Waals surface area contributed by atoms with Crippen LogP contribution in [-0.4, -0.2) is 0 Å². The van der Waals surface area contributed by atoms with Crippen LogP contribution in [0.3, 0.4) is 0 Å². The van der Waals surface area contributed by atoms with Gasteiger partial charge in [-0.05, 0) is 28.7 Å². The number of hydrogen-bond acceptors (Lipinski definition) is 2. The predicted molar refractivity (Wildman–Crippen MR) is 81.1 cm³/mol. The molecule has 2 nitrogen and oxygen atoms in total. The number of hydrogen-bond donors (Lipinski definition) is 2. The Morgan fingerprint density at radius 1 is 1.05 bits per heavy atom. The summed E-state index contributed by atoms with van der Waals surface area (Å²) in [4.78, 5) is 0. The Kier molecular flexibility index (Phi) is 4.76. The highest BCUT2D eigenvalue weighted by Crippen LogP contribution is 2.30. The van der Waals surface area contributed by atoms with E-state index in [1.165, 1.54) is 11.6 Å². The highest BCUT2D eigenvalue weighted by Gasteiger charge is 2.17. The van der Waals surface area contributed by atoms with E-state index >= 15 is 0 Å². The fraction of sp³-hybridized carbons (Fsp3) is 0.250. The zero-order chi connectivity index (χ0) is 14.7. The fourth-order valence-corrected chi connectivity index (χ4v) is 2.42.